The molecule has 0 amide bonds. The Morgan fingerprint density at radius 3 is 1.75 bits per heavy atom. The standard InChI is InChI=1S/C17H16O3/c1-14(19-12-15-8-4-2-5-9-15)17(18)20-13-16-10-6-3-7-11-16/h2-11H,1,12-13H2. The average Bonchev–Trinajstić information content (AvgIpc) is 2.52. The highest BCUT2D eigenvalue weighted by Gasteiger charge is 2.10. The molecule has 0 N–H and O–H groups in total. The first-order valence-electron chi connectivity index (χ1n) is 6.32. The Bertz CT molecular complexity index is 508. The van der Waals surface area contributed by atoms with Crippen molar-refractivity contribution in [3.8, 4) is 0 Å². The SMILES string of the molecule is C=C(OCc1ccccc1)C(=O)OCc1ccccc1. The van der Waals surface area contributed by atoms with Crippen LogP contribution in [-0.2, 0) is 27.5 Å². The summed E-state index contributed by atoms with van der Waals surface area (Å²) in [4.78, 5) is 11.7. The van der Waals surface area contributed by atoms with Crippen LogP contribution >= 0.6 is 0 Å². The molecule has 0 aliphatic rings. The number of carbonyl (C=O) groups excluding carboxylic acids is 1. The molecular weight excluding hydrogens is 252 g/mol. The summed E-state index contributed by atoms with van der Waals surface area (Å²) in [6.45, 7) is 4.11. The number of rotatable bonds is 6. The largest absolute Gasteiger partial charge is 0.482 e. The van der Waals surface area contributed by atoms with Gasteiger partial charge in [-0.15, -0.1) is 0 Å². The molecule has 0 unspecified atom stereocenters. The molecule has 0 atom stereocenters. The fourth-order valence-corrected chi connectivity index (χ4v) is 1.61. The molecule has 0 heterocycles. The number of carbonyl (C=O) groups is 1. The summed E-state index contributed by atoms with van der Waals surface area (Å²) >= 11 is 0. The molecule has 102 valence electrons. The van der Waals surface area contributed by atoms with Crippen LogP contribution in [0.2, 0.25) is 0 Å². The van der Waals surface area contributed by atoms with E-state index in [-0.39, 0.29) is 12.4 Å². The van der Waals surface area contributed by atoms with E-state index in [1.165, 1.54) is 0 Å². The number of hydrogen-bond donors (Lipinski definition) is 0. The van der Waals surface area contributed by atoms with Crippen molar-refractivity contribution in [1.29, 1.82) is 0 Å². The van der Waals surface area contributed by atoms with Crippen LogP contribution in [0.5, 0.6) is 0 Å². The lowest BCUT2D eigenvalue weighted by atomic mass is 10.2. The van der Waals surface area contributed by atoms with E-state index >= 15 is 0 Å². The van der Waals surface area contributed by atoms with Crippen LogP contribution < -0.4 is 0 Å². The summed E-state index contributed by atoms with van der Waals surface area (Å²) < 4.78 is 10.4. The third-order valence-corrected chi connectivity index (χ3v) is 2.70. The smallest absolute Gasteiger partial charge is 0.373 e. The molecule has 0 spiro atoms. The third-order valence-electron chi connectivity index (χ3n) is 2.70. The molecule has 0 aliphatic heterocycles. The van der Waals surface area contributed by atoms with Crippen LogP contribution in [0.15, 0.2) is 73.0 Å². The van der Waals surface area contributed by atoms with Crippen LogP contribution in [-0.4, -0.2) is 5.97 Å². The van der Waals surface area contributed by atoms with Crippen LogP contribution in [0.4, 0.5) is 0 Å². The molecule has 0 aromatic heterocycles. The topological polar surface area (TPSA) is 35.5 Å². The van der Waals surface area contributed by atoms with E-state index in [9.17, 15) is 4.79 Å². The monoisotopic (exact) mass is 268 g/mol. The molecule has 2 aromatic rings. The molecule has 0 saturated carbocycles. The van der Waals surface area contributed by atoms with Gasteiger partial charge in [0.2, 0.25) is 0 Å². The van der Waals surface area contributed by atoms with Gasteiger partial charge in [0.25, 0.3) is 0 Å². The molecule has 0 saturated heterocycles. The number of esters is 1. The fourth-order valence-electron chi connectivity index (χ4n) is 1.61. The minimum atomic E-state index is -0.537. The maximum Gasteiger partial charge on any atom is 0.373 e. The second-order valence-electron chi connectivity index (χ2n) is 4.26. The van der Waals surface area contributed by atoms with Gasteiger partial charge in [0.1, 0.15) is 13.2 Å². The molecular formula is C17H16O3. The quantitative estimate of drug-likeness (QED) is 0.457. The first-order chi connectivity index (χ1) is 9.75. The number of hydrogen-bond acceptors (Lipinski definition) is 3. The predicted molar refractivity (Wildman–Crippen MR) is 76.6 cm³/mol. The van der Waals surface area contributed by atoms with Crippen molar-refractivity contribution in [1.82, 2.24) is 0 Å². The molecule has 0 radical (unpaired) electrons. The second-order valence-corrected chi connectivity index (χ2v) is 4.26. The van der Waals surface area contributed by atoms with Gasteiger partial charge in [-0.25, -0.2) is 4.79 Å². The van der Waals surface area contributed by atoms with Crippen LogP contribution in [0, 0.1) is 0 Å². The van der Waals surface area contributed by atoms with Crippen LogP contribution in [0.25, 0.3) is 0 Å². The zero-order valence-corrected chi connectivity index (χ0v) is 11.1. The van der Waals surface area contributed by atoms with Gasteiger partial charge < -0.3 is 9.47 Å². The highest BCUT2D eigenvalue weighted by molar-refractivity contribution is 5.85. The van der Waals surface area contributed by atoms with E-state index in [1.54, 1.807) is 0 Å². The van der Waals surface area contributed by atoms with Gasteiger partial charge in [-0.05, 0) is 17.7 Å². The maximum atomic E-state index is 11.7. The van der Waals surface area contributed by atoms with Gasteiger partial charge in [0, 0.05) is 0 Å². The Labute approximate surface area is 118 Å². The summed E-state index contributed by atoms with van der Waals surface area (Å²) in [5.41, 5.74) is 1.90. The van der Waals surface area contributed by atoms with Crippen molar-refractivity contribution >= 4 is 5.97 Å². The Hall–Kier alpha value is -2.55. The van der Waals surface area contributed by atoms with Gasteiger partial charge in [-0.3, -0.25) is 0 Å². The highest BCUT2D eigenvalue weighted by Crippen LogP contribution is 2.08. The summed E-state index contributed by atoms with van der Waals surface area (Å²) in [5.74, 6) is -0.519. The number of ether oxygens (including phenoxy) is 2. The van der Waals surface area contributed by atoms with E-state index in [4.69, 9.17) is 9.47 Å². The van der Waals surface area contributed by atoms with Gasteiger partial charge >= 0.3 is 5.97 Å². The first-order valence-corrected chi connectivity index (χ1v) is 6.32. The molecule has 0 fully saturated rings. The molecule has 3 heteroatoms. The molecule has 0 aliphatic carbocycles. The third kappa shape index (κ3) is 4.28. The van der Waals surface area contributed by atoms with E-state index < -0.39 is 5.97 Å². The van der Waals surface area contributed by atoms with Crippen molar-refractivity contribution in [2.24, 2.45) is 0 Å². The molecule has 3 nitrogen and oxygen atoms in total. The molecule has 20 heavy (non-hydrogen) atoms. The zero-order valence-electron chi connectivity index (χ0n) is 11.1. The van der Waals surface area contributed by atoms with Crippen LogP contribution in [0.3, 0.4) is 0 Å². The van der Waals surface area contributed by atoms with E-state index in [0.29, 0.717) is 6.61 Å². The molecule has 2 rings (SSSR count). The van der Waals surface area contributed by atoms with E-state index in [0.717, 1.165) is 11.1 Å². The van der Waals surface area contributed by atoms with Crippen molar-refractivity contribution in [2.45, 2.75) is 13.2 Å². The Kier molecular flexibility index (Phi) is 4.95. The maximum absolute atomic E-state index is 11.7. The Morgan fingerprint density at radius 1 is 0.800 bits per heavy atom. The van der Waals surface area contributed by atoms with Crippen molar-refractivity contribution in [3.63, 3.8) is 0 Å². The Balaban J connectivity index is 1.76. The average molecular weight is 268 g/mol. The van der Waals surface area contributed by atoms with Gasteiger partial charge in [0.15, 0.2) is 5.76 Å². The van der Waals surface area contributed by atoms with Gasteiger partial charge in [-0.2, -0.15) is 0 Å². The molecule has 0 bridgehead atoms. The lowest BCUT2D eigenvalue weighted by Crippen LogP contribution is -2.09. The second kappa shape index (κ2) is 7.14. The minimum Gasteiger partial charge on any atom is -0.482 e. The van der Waals surface area contributed by atoms with Crippen molar-refractivity contribution in [3.05, 3.63) is 84.1 Å². The van der Waals surface area contributed by atoms with E-state index in [2.05, 4.69) is 6.58 Å². The summed E-state index contributed by atoms with van der Waals surface area (Å²) in [7, 11) is 0. The fraction of sp³-hybridized carbons (Fsp3) is 0.118. The lowest BCUT2D eigenvalue weighted by Gasteiger charge is -2.09. The zero-order chi connectivity index (χ0) is 14.2. The predicted octanol–water partition coefficient (Wildman–Crippen LogP) is 3.46. The lowest BCUT2D eigenvalue weighted by molar-refractivity contribution is -0.144. The van der Waals surface area contributed by atoms with Gasteiger partial charge in [-0.1, -0.05) is 60.7 Å². The summed E-state index contributed by atoms with van der Waals surface area (Å²) in [6.07, 6.45) is 0. The minimum absolute atomic E-state index is 0.0183. The Morgan fingerprint density at radius 2 is 1.25 bits per heavy atom. The molecule has 2 aromatic carbocycles. The highest BCUT2D eigenvalue weighted by atomic mass is 16.6. The van der Waals surface area contributed by atoms with E-state index in [1.807, 2.05) is 60.7 Å². The number of benzene rings is 2. The summed E-state index contributed by atoms with van der Waals surface area (Å²) in [6, 6.07) is 19.1. The van der Waals surface area contributed by atoms with Gasteiger partial charge in [0.05, 0.1) is 0 Å². The van der Waals surface area contributed by atoms with Crippen molar-refractivity contribution in [2.75, 3.05) is 0 Å². The summed E-state index contributed by atoms with van der Waals surface area (Å²) in [5, 5.41) is 0. The first kappa shape index (κ1) is 13.9. The van der Waals surface area contributed by atoms with Crippen LogP contribution in [0.1, 0.15) is 11.1 Å². The van der Waals surface area contributed by atoms with Crippen molar-refractivity contribution < 1.29 is 14.3 Å². The normalized spacial score (nSPS) is 9.80.